The molecule has 0 fully saturated rings. The minimum Gasteiger partial charge on any atom is -0.340 e. The van der Waals surface area contributed by atoms with E-state index in [9.17, 15) is 0 Å². The highest BCUT2D eigenvalue weighted by molar-refractivity contribution is 5.64. The SMILES string of the molecule is CCc1nc2ccccn2c1Nc1cccc(C)c1. The van der Waals surface area contributed by atoms with Crippen LogP contribution < -0.4 is 5.32 Å². The Morgan fingerprint density at radius 2 is 2.05 bits per heavy atom. The van der Waals surface area contributed by atoms with Crippen LogP contribution in [0.1, 0.15) is 18.2 Å². The van der Waals surface area contributed by atoms with Crippen LogP contribution in [0.4, 0.5) is 11.5 Å². The van der Waals surface area contributed by atoms with Crippen molar-refractivity contribution in [2.75, 3.05) is 5.32 Å². The second-order valence-corrected chi connectivity index (χ2v) is 4.68. The highest BCUT2D eigenvalue weighted by Crippen LogP contribution is 2.23. The van der Waals surface area contributed by atoms with Gasteiger partial charge in [0.15, 0.2) is 0 Å². The number of pyridine rings is 1. The largest absolute Gasteiger partial charge is 0.340 e. The van der Waals surface area contributed by atoms with Crippen LogP contribution in [0.2, 0.25) is 0 Å². The van der Waals surface area contributed by atoms with Crippen LogP contribution >= 0.6 is 0 Å². The van der Waals surface area contributed by atoms with Crippen molar-refractivity contribution in [2.24, 2.45) is 0 Å². The van der Waals surface area contributed by atoms with Gasteiger partial charge in [-0.1, -0.05) is 25.1 Å². The maximum absolute atomic E-state index is 4.65. The van der Waals surface area contributed by atoms with Crippen molar-refractivity contribution in [1.29, 1.82) is 0 Å². The van der Waals surface area contributed by atoms with Gasteiger partial charge in [-0.3, -0.25) is 4.40 Å². The van der Waals surface area contributed by atoms with Crippen molar-refractivity contribution in [3.05, 3.63) is 59.9 Å². The lowest BCUT2D eigenvalue weighted by atomic mass is 10.2. The van der Waals surface area contributed by atoms with Crippen molar-refractivity contribution in [3.63, 3.8) is 0 Å². The number of anilines is 2. The van der Waals surface area contributed by atoms with E-state index in [0.29, 0.717) is 0 Å². The number of rotatable bonds is 3. The number of hydrogen-bond donors (Lipinski definition) is 1. The second kappa shape index (κ2) is 4.76. The molecule has 3 aromatic rings. The molecule has 2 heterocycles. The molecular weight excluding hydrogens is 234 g/mol. The van der Waals surface area contributed by atoms with Gasteiger partial charge in [0.1, 0.15) is 11.5 Å². The molecule has 1 N–H and O–H groups in total. The Bertz CT molecular complexity index is 713. The maximum Gasteiger partial charge on any atom is 0.138 e. The normalized spacial score (nSPS) is 10.8. The molecule has 0 aliphatic heterocycles. The molecule has 1 aromatic carbocycles. The summed E-state index contributed by atoms with van der Waals surface area (Å²) < 4.78 is 2.10. The topological polar surface area (TPSA) is 29.3 Å². The lowest BCUT2D eigenvalue weighted by Crippen LogP contribution is -1.98. The number of nitrogens with zero attached hydrogens (tertiary/aromatic N) is 2. The first-order chi connectivity index (χ1) is 9.28. The smallest absolute Gasteiger partial charge is 0.138 e. The average molecular weight is 251 g/mol. The standard InChI is InChI=1S/C16H17N3/c1-3-14-16(17-13-8-6-7-12(2)11-13)19-10-5-4-9-15(19)18-14/h4-11,17H,3H2,1-2H3. The molecule has 0 atom stereocenters. The summed E-state index contributed by atoms with van der Waals surface area (Å²) >= 11 is 0. The molecule has 0 saturated carbocycles. The fraction of sp³-hybridized carbons (Fsp3) is 0.188. The van der Waals surface area contributed by atoms with E-state index in [4.69, 9.17) is 0 Å². The van der Waals surface area contributed by atoms with E-state index in [2.05, 4.69) is 52.8 Å². The number of hydrogen-bond acceptors (Lipinski definition) is 2. The Hall–Kier alpha value is -2.29. The minimum absolute atomic E-state index is 0.913. The molecule has 0 radical (unpaired) electrons. The molecule has 19 heavy (non-hydrogen) atoms. The molecule has 0 spiro atoms. The van der Waals surface area contributed by atoms with Gasteiger partial charge in [-0.2, -0.15) is 0 Å². The van der Waals surface area contributed by atoms with Crippen LogP contribution in [0.5, 0.6) is 0 Å². The van der Waals surface area contributed by atoms with Crippen LogP contribution in [-0.4, -0.2) is 9.38 Å². The zero-order valence-corrected chi connectivity index (χ0v) is 11.2. The van der Waals surface area contributed by atoms with Gasteiger partial charge < -0.3 is 5.32 Å². The molecule has 3 heteroatoms. The molecule has 0 aliphatic rings. The van der Waals surface area contributed by atoms with Crippen LogP contribution in [0, 0.1) is 6.92 Å². The van der Waals surface area contributed by atoms with Crippen molar-refractivity contribution in [3.8, 4) is 0 Å². The molecule has 0 saturated heterocycles. The van der Waals surface area contributed by atoms with E-state index < -0.39 is 0 Å². The molecule has 3 rings (SSSR count). The summed E-state index contributed by atoms with van der Waals surface area (Å²) in [5.74, 6) is 1.06. The fourth-order valence-electron chi connectivity index (χ4n) is 2.28. The highest BCUT2D eigenvalue weighted by Gasteiger charge is 2.10. The molecular formula is C16H17N3. The van der Waals surface area contributed by atoms with E-state index in [0.717, 1.165) is 29.3 Å². The third-order valence-electron chi connectivity index (χ3n) is 3.22. The average Bonchev–Trinajstić information content (AvgIpc) is 2.77. The number of benzene rings is 1. The molecule has 0 amide bonds. The maximum atomic E-state index is 4.65. The van der Waals surface area contributed by atoms with Gasteiger partial charge in [0, 0.05) is 11.9 Å². The summed E-state index contributed by atoms with van der Waals surface area (Å²) in [4.78, 5) is 4.65. The van der Waals surface area contributed by atoms with Gasteiger partial charge in [-0.25, -0.2) is 4.98 Å². The van der Waals surface area contributed by atoms with E-state index in [1.54, 1.807) is 0 Å². The Morgan fingerprint density at radius 3 is 2.84 bits per heavy atom. The molecule has 2 aromatic heterocycles. The number of aryl methyl sites for hydroxylation is 2. The van der Waals surface area contributed by atoms with E-state index in [-0.39, 0.29) is 0 Å². The quantitative estimate of drug-likeness (QED) is 0.763. The van der Waals surface area contributed by atoms with Gasteiger partial charge >= 0.3 is 0 Å². The van der Waals surface area contributed by atoms with Crippen LogP contribution in [0.15, 0.2) is 48.7 Å². The minimum atomic E-state index is 0.913. The Balaban J connectivity index is 2.08. The lowest BCUT2D eigenvalue weighted by Gasteiger charge is -2.08. The van der Waals surface area contributed by atoms with Gasteiger partial charge in [0.05, 0.1) is 5.69 Å². The zero-order chi connectivity index (χ0) is 13.2. The summed E-state index contributed by atoms with van der Waals surface area (Å²) in [7, 11) is 0. The predicted molar refractivity (Wildman–Crippen MR) is 79.0 cm³/mol. The van der Waals surface area contributed by atoms with Gasteiger partial charge in [0.25, 0.3) is 0 Å². The Kier molecular flexibility index (Phi) is 2.95. The Labute approximate surface area is 112 Å². The summed E-state index contributed by atoms with van der Waals surface area (Å²) in [6.07, 6.45) is 2.95. The molecule has 0 unspecified atom stereocenters. The monoisotopic (exact) mass is 251 g/mol. The van der Waals surface area contributed by atoms with Crippen molar-refractivity contribution in [1.82, 2.24) is 9.38 Å². The number of fused-ring (bicyclic) bond motifs is 1. The van der Waals surface area contributed by atoms with E-state index >= 15 is 0 Å². The third-order valence-corrected chi connectivity index (χ3v) is 3.22. The third kappa shape index (κ3) is 2.19. The van der Waals surface area contributed by atoms with Crippen molar-refractivity contribution >= 4 is 17.2 Å². The van der Waals surface area contributed by atoms with E-state index in [1.165, 1.54) is 5.56 Å². The number of aromatic nitrogens is 2. The Morgan fingerprint density at radius 1 is 1.16 bits per heavy atom. The summed E-state index contributed by atoms with van der Waals surface area (Å²) in [6.45, 7) is 4.23. The number of imidazole rings is 1. The van der Waals surface area contributed by atoms with Gasteiger partial charge in [0.2, 0.25) is 0 Å². The molecule has 0 bridgehead atoms. The first kappa shape index (κ1) is 11.8. The number of nitrogens with one attached hydrogen (secondary N) is 1. The van der Waals surface area contributed by atoms with Crippen LogP contribution in [-0.2, 0) is 6.42 Å². The molecule has 96 valence electrons. The van der Waals surface area contributed by atoms with Crippen LogP contribution in [0.25, 0.3) is 5.65 Å². The zero-order valence-electron chi connectivity index (χ0n) is 11.2. The first-order valence-corrected chi connectivity index (χ1v) is 6.57. The van der Waals surface area contributed by atoms with Crippen molar-refractivity contribution < 1.29 is 0 Å². The highest BCUT2D eigenvalue weighted by atomic mass is 15.1. The molecule has 0 aliphatic carbocycles. The van der Waals surface area contributed by atoms with E-state index in [1.807, 2.05) is 24.4 Å². The first-order valence-electron chi connectivity index (χ1n) is 6.57. The van der Waals surface area contributed by atoms with Gasteiger partial charge in [-0.05, 0) is 43.2 Å². The second-order valence-electron chi connectivity index (χ2n) is 4.68. The summed E-state index contributed by atoms with van der Waals surface area (Å²) in [5, 5.41) is 3.49. The fourth-order valence-corrected chi connectivity index (χ4v) is 2.28. The van der Waals surface area contributed by atoms with Crippen molar-refractivity contribution in [2.45, 2.75) is 20.3 Å². The van der Waals surface area contributed by atoms with Crippen LogP contribution in [0.3, 0.4) is 0 Å². The lowest BCUT2D eigenvalue weighted by molar-refractivity contribution is 1.07. The summed E-state index contributed by atoms with van der Waals surface area (Å²) in [5.41, 5.74) is 4.42. The van der Waals surface area contributed by atoms with Gasteiger partial charge in [-0.15, -0.1) is 0 Å². The molecule has 3 nitrogen and oxygen atoms in total. The summed E-state index contributed by atoms with van der Waals surface area (Å²) in [6, 6.07) is 14.4. The predicted octanol–water partition coefficient (Wildman–Crippen LogP) is 3.95.